The van der Waals surface area contributed by atoms with E-state index in [1.807, 2.05) is 0 Å². The molecule has 1 aromatic heterocycles. The Morgan fingerprint density at radius 3 is 2.44 bits per heavy atom. The number of nitrogens with one attached hydrogen (secondary N) is 1. The Hall–Kier alpha value is -1.91. The van der Waals surface area contributed by atoms with Crippen LogP contribution in [0.25, 0.3) is 0 Å². The number of carboxylic acids is 1. The molecule has 0 aromatic carbocycles. The van der Waals surface area contributed by atoms with E-state index in [0.717, 1.165) is 12.8 Å². The number of carbonyl (C=O) groups is 2. The van der Waals surface area contributed by atoms with Gasteiger partial charge in [-0.15, -0.1) is 0 Å². The van der Waals surface area contributed by atoms with Gasteiger partial charge >= 0.3 is 5.97 Å². The molecule has 0 radical (unpaired) electrons. The van der Waals surface area contributed by atoms with Crippen LogP contribution in [0, 0.1) is 5.41 Å². The fraction of sp³-hybridized carbons (Fsp3) is 0.462. The predicted molar refractivity (Wildman–Crippen MR) is 65.1 cm³/mol. The zero-order valence-corrected chi connectivity index (χ0v) is 10.1. The van der Waals surface area contributed by atoms with E-state index in [0.29, 0.717) is 18.4 Å². The molecule has 0 bridgehead atoms. The van der Waals surface area contributed by atoms with Crippen molar-refractivity contribution >= 4 is 11.9 Å². The molecule has 2 rings (SSSR count). The Morgan fingerprint density at radius 2 is 1.89 bits per heavy atom. The maximum absolute atomic E-state index is 11.8. The molecule has 1 fully saturated rings. The number of nitrogens with zero attached hydrogens (tertiary/aromatic N) is 1. The van der Waals surface area contributed by atoms with Gasteiger partial charge < -0.3 is 10.4 Å². The van der Waals surface area contributed by atoms with Crippen molar-refractivity contribution in [3.8, 4) is 0 Å². The summed E-state index contributed by atoms with van der Waals surface area (Å²) in [5.74, 6) is -1.06. The molecule has 5 nitrogen and oxygen atoms in total. The maximum atomic E-state index is 11.8. The normalized spacial score (nSPS) is 17.3. The van der Waals surface area contributed by atoms with Gasteiger partial charge in [0.15, 0.2) is 0 Å². The number of amides is 1. The smallest absolute Gasteiger partial charge is 0.311 e. The summed E-state index contributed by atoms with van der Waals surface area (Å²) < 4.78 is 0. The minimum Gasteiger partial charge on any atom is -0.481 e. The lowest BCUT2D eigenvalue weighted by atomic mass is 9.86. The average molecular weight is 248 g/mol. The van der Waals surface area contributed by atoms with Gasteiger partial charge in [0.2, 0.25) is 0 Å². The molecule has 0 unspecified atom stereocenters. The number of hydrogen-bond acceptors (Lipinski definition) is 3. The summed E-state index contributed by atoms with van der Waals surface area (Å²) in [5, 5.41) is 12.0. The number of rotatable bonds is 4. The van der Waals surface area contributed by atoms with E-state index < -0.39 is 11.4 Å². The van der Waals surface area contributed by atoms with Crippen LogP contribution >= 0.6 is 0 Å². The van der Waals surface area contributed by atoms with E-state index in [1.54, 1.807) is 12.1 Å². The van der Waals surface area contributed by atoms with E-state index in [-0.39, 0.29) is 12.5 Å². The van der Waals surface area contributed by atoms with Crippen LogP contribution in [-0.4, -0.2) is 28.5 Å². The fourth-order valence-electron chi connectivity index (χ4n) is 2.37. The van der Waals surface area contributed by atoms with Gasteiger partial charge in [0.05, 0.1) is 5.41 Å². The first kappa shape index (κ1) is 12.5. The van der Waals surface area contributed by atoms with Crippen LogP contribution in [0.3, 0.4) is 0 Å². The number of aliphatic carboxylic acids is 1. The molecule has 1 aliphatic carbocycles. The zero-order chi connectivity index (χ0) is 13.0. The van der Waals surface area contributed by atoms with Gasteiger partial charge in [0.25, 0.3) is 5.91 Å². The largest absolute Gasteiger partial charge is 0.481 e. The third-order valence-electron chi connectivity index (χ3n) is 3.54. The molecule has 1 aromatic rings. The Labute approximate surface area is 105 Å². The molecular weight excluding hydrogens is 232 g/mol. The van der Waals surface area contributed by atoms with Crippen molar-refractivity contribution in [1.82, 2.24) is 10.3 Å². The summed E-state index contributed by atoms with van der Waals surface area (Å²) in [7, 11) is 0. The van der Waals surface area contributed by atoms with Crippen molar-refractivity contribution < 1.29 is 14.7 Å². The minimum atomic E-state index is -0.810. The standard InChI is InChI=1S/C13H16N2O3/c16-11(10-3-7-14-8-4-10)15-9-13(12(17)18)5-1-2-6-13/h3-4,7-8H,1-2,5-6,9H2,(H,15,16)(H,17,18). The van der Waals surface area contributed by atoms with Crippen LogP contribution in [0.15, 0.2) is 24.5 Å². The van der Waals surface area contributed by atoms with E-state index in [4.69, 9.17) is 0 Å². The van der Waals surface area contributed by atoms with E-state index in [9.17, 15) is 14.7 Å². The van der Waals surface area contributed by atoms with Crippen molar-refractivity contribution in [1.29, 1.82) is 0 Å². The van der Waals surface area contributed by atoms with Gasteiger partial charge in [-0.05, 0) is 25.0 Å². The summed E-state index contributed by atoms with van der Waals surface area (Å²) >= 11 is 0. The first-order chi connectivity index (χ1) is 8.64. The summed E-state index contributed by atoms with van der Waals surface area (Å²) in [4.78, 5) is 27.0. The highest BCUT2D eigenvalue weighted by Crippen LogP contribution is 2.37. The lowest BCUT2D eigenvalue weighted by molar-refractivity contribution is -0.148. The highest BCUT2D eigenvalue weighted by molar-refractivity contribution is 5.94. The van der Waals surface area contributed by atoms with Crippen molar-refractivity contribution in [3.63, 3.8) is 0 Å². The van der Waals surface area contributed by atoms with Gasteiger partial charge in [-0.3, -0.25) is 14.6 Å². The Kier molecular flexibility index (Phi) is 3.60. The van der Waals surface area contributed by atoms with Gasteiger partial charge in [-0.1, -0.05) is 12.8 Å². The summed E-state index contributed by atoms with van der Waals surface area (Å²) in [6.45, 7) is 0.198. The number of carboxylic acid groups (broad SMARTS) is 1. The zero-order valence-electron chi connectivity index (χ0n) is 10.1. The lowest BCUT2D eigenvalue weighted by Crippen LogP contribution is -2.41. The first-order valence-electron chi connectivity index (χ1n) is 6.06. The highest BCUT2D eigenvalue weighted by Gasteiger charge is 2.41. The first-order valence-corrected chi connectivity index (χ1v) is 6.06. The Morgan fingerprint density at radius 1 is 1.28 bits per heavy atom. The SMILES string of the molecule is O=C(NCC1(C(=O)O)CCCC1)c1ccncc1. The average Bonchev–Trinajstić information content (AvgIpc) is 2.87. The summed E-state index contributed by atoms with van der Waals surface area (Å²) in [5.41, 5.74) is -0.272. The molecular formula is C13H16N2O3. The van der Waals surface area contributed by atoms with Crippen molar-refractivity contribution in [2.75, 3.05) is 6.54 Å². The van der Waals surface area contributed by atoms with Crippen molar-refractivity contribution in [3.05, 3.63) is 30.1 Å². The van der Waals surface area contributed by atoms with Crippen LogP contribution in [-0.2, 0) is 4.79 Å². The summed E-state index contributed by atoms with van der Waals surface area (Å²) in [6.07, 6.45) is 6.18. The molecule has 18 heavy (non-hydrogen) atoms. The predicted octanol–water partition coefficient (Wildman–Crippen LogP) is 1.46. The van der Waals surface area contributed by atoms with Gasteiger partial charge in [0.1, 0.15) is 0 Å². The van der Waals surface area contributed by atoms with E-state index in [2.05, 4.69) is 10.3 Å². The second-order valence-electron chi connectivity index (χ2n) is 4.71. The molecule has 1 saturated carbocycles. The monoisotopic (exact) mass is 248 g/mol. The van der Waals surface area contributed by atoms with Gasteiger partial charge in [-0.25, -0.2) is 0 Å². The number of carbonyl (C=O) groups excluding carboxylic acids is 1. The van der Waals surface area contributed by atoms with Crippen LogP contribution in [0.5, 0.6) is 0 Å². The molecule has 0 spiro atoms. The molecule has 1 heterocycles. The van der Waals surface area contributed by atoms with Crippen molar-refractivity contribution in [2.24, 2.45) is 5.41 Å². The number of hydrogen-bond donors (Lipinski definition) is 2. The third kappa shape index (κ3) is 2.50. The van der Waals surface area contributed by atoms with Crippen LogP contribution < -0.4 is 5.32 Å². The second kappa shape index (κ2) is 5.16. The summed E-state index contributed by atoms with van der Waals surface area (Å²) in [6, 6.07) is 3.22. The highest BCUT2D eigenvalue weighted by atomic mass is 16.4. The Bertz CT molecular complexity index is 439. The molecule has 0 aliphatic heterocycles. The molecule has 0 saturated heterocycles. The molecule has 5 heteroatoms. The Balaban J connectivity index is 1.99. The van der Waals surface area contributed by atoms with Crippen LogP contribution in [0.1, 0.15) is 36.0 Å². The maximum Gasteiger partial charge on any atom is 0.311 e. The van der Waals surface area contributed by atoms with E-state index >= 15 is 0 Å². The number of pyridine rings is 1. The molecule has 1 amide bonds. The van der Waals surface area contributed by atoms with Gasteiger partial charge in [-0.2, -0.15) is 0 Å². The number of aromatic nitrogens is 1. The third-order valence-corrected chi connectivity index (χ3v) is 3.54. The molecule has 0 atom stereocenters. The second-order valence-corrected chi connectivity index (χ2v) is 4.71. The molecule has 2 N–H and O–H groups in total. The topological polar surface area (TPSA) is 79.3 Å². The molecule has 1 aliphatic rings. The van der Waals surface area contributed by atoms with Crippen LogP contribution in [0.4, 0.5) is 0 Å². The van der Waals surface area contributed by atoms with E-state index in [1.165, 1.54) is 12.4 Å². The van der Waals surface area contributed by atoms with Crippen LogP contribution in [0.2, 0.25) is 0 Å². The minimum absolute atomic E-state index is 0.198. The molecule has 96 valence electrons. The van der Waals surface area contributed by atoms with Gasteiger partial charge in [0, 0.05) is 24.5 Å². The van der Waals surface area contributed by atoms with Crippen molar-refractivity contribution in [2.45, 2.75) is 25.7 Å². The lowest BCUT2D eigenvalue weighted by Gasteiger charge is -2.23. The quantitative estimate of drug-likeness (QED) is 0.845. The fourth-order valence-corrected chi connectivity index (χ4v) is 2.37.